The maximum atomic E-state index is 13.6. The van der Waals surface area contributed by atoms with Crippen LogP contribution in [0.5, 0.6) is 0 Å². The van der Waals surface area contributed by atoms with E-state index in [1.807, 2.05) is 25.3 Å². The predicted molar refractivity (Wildman–Crippen MR) is 127 cm³/mol. The van der Waals surface area contributed by atoms with E-state index in [1.54, 1.807) is 43.5 Å². The van der Waals surface area contributed by atoms with Crippen LogP contribution in [0.4, 0.5) is 4.39 Å². The van der Waals surface area contributed by atoms with Gasteiger partial charge in [0.2, 0.25) is 0 Å². The summed E-state index contributed by atoms with van der Waals surface area (Å²) in [4.78, 5) is 24.3. The van der Waals surface area contributed by atoms with E-state index in [1.165, 1.54) is 12.1 Å². The maximum Gasteiger partial charge on any atom is 0.255 e. The lowest BCUT2D eigenvalue weighted by molar-refractivity contribution is 0.0962. The van der Waals surface area contributed by atoms with E-state index in [-0.39, 0.29) is 17.8 Å². The van der Waals surface area contributed by atoms with Crippen molar-refractivity contribution in [3.8, 4) is 11.3 Å². The normalized spacial score (nSPS) is 17.1. The van der Waals surface area contributed by atoms with Gasteiger partial charge in [-0.05, 0) is 66.7 Å². The number of furan rings is 1. The summed E-state index contributed by atoms with van der Waals surface area (Å²) in [7, 11) is 1.54. The Morgan fingerprint density at radius 3 is 2.61 bits per heavy atom. The molecule has 4 rings (SSSR count). The van der Waals surface area contributed by atoms with Gasteiger partial charge >= 0.3 is 0 Å². The fourth-order valence-corrected chi connectivity index (χ4v) is 3.81. The van der Waals surface area contributed by atoms with Crippen LogP contribution in [-0.2, 0) is 0 Å². The first kappa shape index (κ1) is 22.0. The van der Waals surface area contributed by atoms with Crippen molar-refractivity contribution in [2.75, 3.05) is 7.05 Å². The largest absolute Gasteiger partial charge is 0.455 e. The van der Waals surface area contributed by atoms with Gasteiger partial charge in [0, 0.05) is 29.0 Å². The van der Waals surface area contributed by atoms with E-state index in [0.29, 0.717) is 38.7 Å². The number of carbonyl (C=O) groups excluding carboxylic acids is 2. The van der Waals surface area contributed by atoms with Crippen LogP contribution in [0, 0.1) is 5.82 Å². The molecular formula is C27H23FN2O3. The first-order chi connectivity index (χ1) is 15.9. The van der Waals surface area contributed by atoms with Gasteiger partial charge in [0.1, 0.15) is 23.3 Å². The second-order valence-electron chi connectivity index (χ2n) is 7.72. The molecule has 5 nitrogen and oxygen atoms in total. The Balaban J connectivity index is 2.05. The number of benzene rings is 2. The maximum absolute atomic E-state index is 13.6. The quantitative estimate of drug-likeness (QED) is 0.594. The smallest absolute Gasteiger partial charge is 0.255 e. The van der Waals surface area contributed by atoms with Crippen LogP contribution >= 0.6 is 0 Å². The molecule has 1 amide bonds. The van der Waals surface area contributed by atoms with Crippen molar-refractivity contribution in [1.29, 1.82) is 0 Å². The summed E-state index contributed by atoms with van der Waals surface area (Å²) in [6, 6.07) is 12.8. The van der Waals surface area contributed by atoms with E-state index < -0.39 is 0 Å². The topological polar surface area (TPSA) is 71.3 Å². The third kappa shape index (κ3) is 4.28. The minimum atomic E-state index is -0.381. The highest BCUT2D eigenvalue weighted by Crippen LogP contribution is 2.23. The molecule has 0 saturated carbocycles. The van der Waals surface area contributed by atoms with Crippen LogP contribution in [0.15, 0.2) is 71.8 Å². The molecule has 1 atom stereocenters. The van der Waals surface area contributed by atoms with Crippen molar-refractivity contribution < 1.29 is 18.4 Å². The minimum absolute atomic E-state index is 0.0337. The highest BCUT2D eigenvalue weighted by molar-refractivity contribution is 6.02. The molecule has 1 aliphatic heterocycles. The molecule has 0 saturated heterocycles. The molecule has 0 bridgehead atoms. The number of hydrogen-bond donors (Lipinski definition) is 2. The van der Waals surface area contributed by atoms with Gasteiger partial charge in [-0.2, -0.15) is 0 Å². The van der Waals surface area contributed by atoms with E-state index >= 15 is 0 Å². The third-order valence-corrected chi connectivity index (χ3v) is 5.56. The van der Waals surface area contributed by atoms with Crippen LogP contribution in [0.25, 0.3) is 28.5 Å². The third-order valence-electron chi connectivity index (χ3n) is 5.56. The average molecular weight is 442 g/mol. The van der Waals surface area contributed by atoms with Crippen molar-refractivity contribution in [3.63, 3.8) is 0 Å². The summed E-state index contributed by atoms with van der Waals surface area (Å²) in [6.45, 7) is 6.15. The second-order valence-corrected chi connectivity index (χ2v) is 7.72. The van der Waals surface area contributed by atoms with Crippen molar-refractivity contribution in [3.05, 3.63) is 101 Å². The highest BCUT2D eigenvalue weighted by Gasteiger charge is 2.23. The molecule has 1 aromatic heterocycles. The van der Waals surface area contributed by atoms with Crippen molar-refractivity contribution in [2.24, 2.45) is 0 Å². The predicted octanol–water partition coefficient (Wildman–Crippen LogP) is 3.41. The summed E-state index contributed by atoms with van der Waals surface area (Å²) in [5.41, 5.74) is 4.18. The number of amides is 1. The van der Waals surface area contributed by atoms with Crippen LogP contribution < -0.4 is 21.3 Å². The molecule has 3 aromatic rings. The molecule has 6 heteroatoms. The summed E-state index contributed by atoms with van der Waals surface area (Å²) < 4.78 is 19.8. The Hall–Kier alpha value is -4.19. The Bertz CT molecular complexity index is 1400. The van der Waals surface area contributed by atoms with E-state index in [0.717, 1.165) is 17.4 Å². The number of carbonyl (C=O) groups is 2. The molecule has 2 N–H and O–H groups in total. The molecule has 0 aliphatic carbocycles. The SMILES string of the molecule is C=C(/C=c1/c(C(=O)NC)c(-c2ccc(F)cc2)o/c1=C1\C=CNC1C)c1cccc(C=O)c1. The molecule has 0 radical (unpaired) electrons. The van der Waals surface area contributed by atoms with Crippen LogP contribution in [0.2, 0.25) is 0 Å². The lowest BCUT2D eigenvalue weighted by Gasteiger charge is -2.04. The van der Waals surface area contributed by atoms with Crippen LogP contribution in [0.1, 0.15) is 33.2 Å². The van der Waals surface area contributed by atoms with E-state index in [4.69, 9.17) is 4.42 Å². The first-order valence-electron chi connectivity index (χ1n) is 10.5. The summed E-state index contributed by atoms with van der Waals surface area (Å²) in [5, 5.41) is 6.45. The van der Waals surface area contributed by atoms with Crippen molar-refractivity contribution in [1.82, 2.24) is 10.6 Å². The molecule has 2 heterocycles. The Morgan fingerprint density at radius 2 is 1.97 bits per heavy atom. The Kier molecular flexibility index (Phi) is 6.09. The Labute approximate surface area is 190 Å². The first-order valence-corrected chi connectivity index (χ1v) is 10.5. The number of halogens is 1. The molecular weight excluding hydrogens is 419 g/mol. The van der Waals surface area contributed by atoms with E-state index in [2.05, 4.69) is 17.2 Å². The molecule has 2 aromatic carbocycles. The van der Waals surface area contributed by atoms with E-state index in [9.17, 15) is 14.0 Å². The van der Waals surface area contributed by atoms with Gasteiger partial charge in [0.15, 0.2) is 0 Å². The molecule has 166 valence electrons. The highest BCUT2D eigenvalue weighted by atomic mass is 19.1. The molecule has 1 unspecified atom stereocenters. The van der Waals surface area contributed by atoms with Gasteiger partial charge in [-0.25, -0.2) is 4.39 Å². The molecule has 0 spiro atoms. The average Bonchev–Trinajstić information content (AvgIpc) is 3.42. The fraction of sp³-hybridized carbons (Fsp3) is 0.111. The zero-order valence-electron chi connectivity index (χ0n) is 18.3. The van der Waals surface area contributed by atoms with Crippen molar-refractivity contribution in [2.45, 2.75) is 13.0 Å². The monoisotopic (exact) mass is 442 g/mol. The minimum Gasteiger partial charge on any atom is -0.455 e. The van der Waals surface area contributed by atoms with Gasteiger partial charge in [0.25, 0.3) is 5.91 Å². The van der Waals surface area contributed by atoms with Gasteiger partial charge < -0.3 is 15.1 Å². The van der Waals surface area contributed by atoms with Gasteiger partial charge in [0.05, 0.1) is 11.6 Å². The zero-order chi connectivity index (χ0) is 23.5. The number of allylic oxidation sites excluding steroid dienone is 1. The summed E-state index contributed by atoms with van der Waals surface area (Å²) in [5.74, 6) is -0.383. The summed E-state index contributed by atoms with van der Waals surface area (Å²) >= 11 is 0. The second kappa shape index (κ2) is 9.12. The van der Waals surface area contributed by atoms with Gasteiger partial charge in [-0.3, -0.25) is 9.59 Å². The molecule has 33 heavy (non-hydrogen) atoms. The number of aldehydes is 1. The standard InChI is InChI=1S/C27H23FN2O3/c1-16(20-6-4-5-18(14-20)15-31)13-23-24(27(32)29-3)25(19-7-9-21(28)10-8-19)33-26(23)22-11-12-30-17(22)2/h4-15,17,30H,1H2,2-3H3,(H,29,32)/b23-13-,26-22+. The van der Waals surface area contributed by atoms with Gasteiger partial charge in [-0.15, -0.1) is 0 Å². The lowest BCUT2D eigenvalue weighted by Crippen LogP contribution is -2.33. The van der Waals surface area contributed by atoms with Gasteiger partial charge in [-0.1, -0.05) is 24.8 Å². The fourth-order valence-electron chi connectivity index (χ4n) is 3.81. The number of rotatable bonds is 5. The zero-order valence-corrected chi connectivity index (χ0v) is 18.3. The van der Waals surface area contributed by atoms with Crippen molar-refractivity contribution >= 4 is 29.4 Å². The van der Waals surface area contributed by atoms with Crippen LogP contribution in [-0.4, -0.2) is 25.3 Å². The van der Waals surface area contributed by atoms with Crippen LogP contribution in [0.3, 0.4) is 0 Å². The Morgan fingerprint density at radius 1 is 1.21 bits per heavy atom. The lowest BCUT2D eigenvalue weighted by atomic mass is 10.0. The summed E-state index contributed by atoms with van der Waals surface area (Å²) in [6.07, 6.45) is 6.28. The molecule has 0 fully saturated rings. The number of nitrogens with one attached hydrogen (secondary N) is 2. The molecule has 1 aliphatic rings. The number of hydrogen-bond acceptors (Lipinski definition) is 4.